The number of nitrogens with one attached hydrogen (secondary N) is 2. The Kier molecular flexibility index (Phi) is 2.21. The number of nitrogens with zero attached hydrogens (tertiary/aromatic N) is 4. The molecule has 86 valence electrons. The fourth-order valence-electron chi connectivity index (χ4n) is 1.58. The maximum absolute atomic E-state index is 4.98. The second-order valence-electron chi connectivity index (χ2n) is 3.64. The van der Waals surface area contributed by atoms with Crippen molar-refractivity contribution in [3.05, 3.63) is 30.0 Å². The molecule has 3 heterocycles. The minimum atomic E-state index is 0.550. The number of aromatic nitrogens is 5. The van der Waals surface area contributed by atoms with E-state index in [2.05, 4.69) is 30.6 Å². The molecule has 0 aliphatic heterocycles. The SMILES string of the molecule is Cc1cc(CNc2ncnc3[nH]ncc23)no1. The predicted molar refractivity (Wildman–Crippen MR) is 60.3 cm³/mol. The van der Waals surface area contributed by atoms with Crippen molar-refractivity contribution < 1.29 is 4.52 Å². The molecule has 0 radical (unpaired) electrons. The van der Waals surface area contributed by atoms with Crippen LogP contribution < -0.4 is 5.32 Å². The first-order valence-corrected chi connectivity index (χ1v) is 5.13. The average molecular weight is 230 g/mol. The Hall–Kier alpha value is -2.44. The molecule has 7 nitrogen and oxygen atoms in total. The first-order chi connectivity index (χ1) is 8.33. The van der Waals surface area contributed by atoms with Gasteiger partial charge in [-0.2, -0.15) is 5.10 Å². The maximum Gasteiger partial charge on any atom is 0.160 e. The van der Waals surface area contributed by atoms with E-state index in [1.807, 2.05) is 13.0 Å². The zero-order valence-corrected chi connectivity index (χ0v) is 9.14. The fraction of sp³-hybridized carbons (Fsp3) is 0.200. The largest absolute Gasteiger partial charge is 0.364 e. The molecule has 17 heavy (non-hydrogen) atoms. The molecule has 0 unspecified atom stereocenters. The molecule has 0 saturated carbocycles. The summed E-state index contributed by atoms with van der Waals surface area (Å²) >= 11 is 0. The zero-order chi connectivity index (χ0) is 11.7. The third-order valence-corrected chi connectivity index (χ3v) is 2.36. The first kappa shape index (κ1) is 9.76. The molecule has 0 aromatic carbocycles. The van der Waals surface area contributed by atoms with Gasteiger partial charge in [-0.1, -0.05) is 5.16 Å². The van der Waals surface area contributed by atoms with Gasteiger partial charge >= 0.3 is 0 Å². The van der Waals surface area contributed by atoms with Crippen LogP contribution in [0.2, 0.25) is 0 Å². The number of anilines is 1. The quantitative estimate of drug-likeness (QED) is 0.703. The summed E-state index contributed by atoms with van der Waals surface area (Å²) in [5.41, 5.74) is 1.54. The van der Waals surface area contributed by atoms with E-state index in [4.69, 9.17) is 4.52 Å². The summed E-state index contributed by atoms with van der Waals surface area (Å²) in [7, 11) is 0. The van der Waals surface area contributed by atoms with Crippen LogP contribution in [0.1, 0.15) is 11.5 Å². The van der Waals surface area contributed by atoms with E-state index in [-0.39, 0.29) is 0 Å². The summed E-state index contributed by atoms with van der Waals surface area (Å²) in [5, 5.41) is 14.6. The first-order valence-electron chi connectivity index (χ1n) is 5.13. The Morgan fingerprint density at radius 3 is 3.18 bits per heavy atom. The van der Waals surface area contributed by atoms with E-state index in [1.54, 1.807) is 6.20 Å². The number of H-pyrrole nitrogens is 1. The standard InChI is InChI=1S/C10H10N6O/c1-6-2-7(16-17-6)3-11-9-8-4-14-15-10(8)13-5-12-9/h2,4-5H,3H2,1H3,(H2,11,12,13,14,15). The third-order valence-electron chi connectivity index (χ3n) is 2.36. The van der Waals surface area contributed by atoms with Gasteiger partial charge in [-0.25, -0.2) is 9.97 Å². The van der Waals surface area contributed by atoms with Crippen LogP contribution >= 0.6 is 0 Å². The minimum Gasteiger partial charge on any atom is -0.364 e. The maximum atomic E-state index is 4.98. The highest BCUT2D eigenvalue weighted by Gasteiger charge is 2.06. The Morgan fingerprint density at radius 1 is 1.41 bits per heavy atom. The Balaban J connectivity index is 1.83. The van der Waals surface area contributed by atoms with Crippen LogP contribution in [0.15, 0.2) is 23.1 Å². The van der Waals surface area contributed by atoms with Crippen LogP contribution in [0.4, 0.5) is 5.82 Å². The number of hydrogen-bond acceptors (Lipinski definition) is 6. The van der Waals surface area contributed by atoms with Gasteiger partial charge in [-0.05, 0) is 6.92 Å². The second-order valence-corrected chi connectivity index (χ2v) is 3.64. The molecule has 2 N–H and O–H groups in total. The average Bonchev–Trinajstić information content (AvgIpc) is 2.94. The summed E-state index contributed by atoms with van der Waals surface area (Å²) in [6, 6.07) is 1.88. The van der Waals surface area contributed by atoms with E-state index < -0.39 is 0 Å². The summed E-state index contributed by atoms with van der Waals surface area (Å²) in [5.74, 6) is 1.52. The van der Waals surface area contributed by atoms with Crippen molar-refractivity contribution in [2.75, 3.05) is 5.32 Å². The fourth-order valence-corrected chi connectivity index (χ4v) is 1.58. The number of aryl methyl sites for hydroxylation is 1. The van der Waals surface area contributed by atoms with Gasteiger partial charge in [0, 0.05) is 6.07 Å². The van der Waals surface area contributed by atoms with Gasteiger partial charge in [0.25, 0.3) is 0 Å². The van der Waals surface area contributed by atoms with Gasteiger partial charge in [0.2, 0.25) is 0 Å². The molecule has 3 aromatic rings. The van der Waals surface area contributed by atoms with Gasteiger partial charge in [0.1, 0.15) is 23.6 Å². The molecule has 0 spiro atoms. The monoisotopic (exact) mass is 230 g/mol. The molecular weight excluding hydrogens is 220 g/mol. The molecule has 0 saturated heterocycles. The van der Waals surface area contributed by atoms with Gasteiger partial charge in [0.15, 0.2) is 5.65 Å². The lowest BCUT2D eigenvalue weighted by molar-refractivity contribution is 0.391. The molecule has 0 aliphatic carbocycles. The zero-order valence-electron chi connectivity index (χ0n) is 9.14. The summed E-state index contributed by atoms with van der Waals surface area (Å²) in [4.78, 5) is 8.22. The number of rotatable bonds is 3. The van der Waals surface area contributed by atoms with Crippen molar-refractivity contribution in [3.63, 3.8) is 0 Å². The van der Waals surface area contributed by atoms with E-state index in [0.717, 1.165) is 22.7 Å². The van der Waals surface area contributed by atoms with Gasteiger partial charge in [-0.3, -0.25) is 5.10 Å². The molecule has 0 aliphatic rings. The van der Waals surface area contributed by atoms with Crippen LogP contribution in [-0.2, 0) is 6.54 Å². The van der Waals surface area contributed by atoms with Crippen LogP contribution in [0.25, 0.3) is 11.0 Å². The molecule has 0 amide bonds. The number of aromatic amines is 1. The summed E-state index contributed by atoms with van der Waals surface area (Å²) in [6.07, 6.45) is 3.17. The Labute approximate surface area is 96.3 Å². The number of fused-ring (bicyclic) bond motifs is 1. The van der Waals surface area contributed by atoms with Crippen LogP contribution in [0, 0.1) is 6.92 Å². The van der Waals surface area contributed by atoms with Crippen LogP contribution in [0.5, 0.6) is 0 Å². The highest BCUT2D eigenvalue weighted by molar-refractivity contribution is 5.85. The van der Waals surface area contributed by atoms with E-state index in [1.165, 1.54) is 6.33 Å². The van der Waals surface area contributed by atoms with Crippen LogP contribution in [-0.4, -0.2) is 25.3 Å². The lowest BCUT2D eigenvalue weighted by Crippen LogP contribution is -2.02. The lowest BCUT2D eigenvalue weighted by Gasteiger charge is -2.02. The number of hydrogen-bond donors (Lipinski definition) is 2. The predicted octanol–water partition coefficient (Wildman–Crippen LogP) is 1.26. The lowest BCUT2D eigenvalue weighted by atomic mass is 10.3. The molecule has 0 atom stereocenters. The van der Waals surface area contributed by atoms with E-state index in [0.29, 0.717) is 12.2 Å². The van der Waals surface area contributed by atoms with Crippen molar-refractivity contribution in [1.29, 1.82) is 0 Å². The Bertz CT molecular complexity index is 643. The van der Waals surface area contributed by atoms with Gasteiger partial charge < -0.3 is 9.84 Å². The second kappa shape index (κ2) is 3.85. The van der Waals surface area contributed by atoms with Crippen LogP contribution in [0.3, 0.4) is 0 Å². The van der Waals surface area contributed by atoms with Gasteiger partial charge in [-0.15, -0.1) is 0 Å². The van der Waals surface area contributed by atoms with Crippen molar-refractivity contribution in [2.45, 2.75) is 13.5 Å². The normalized spacial score (nSPS) is 10.9. The molecule has 3 rings (SSSR count). The molecule has 3 aromatic heterocycles. The molecule has 7 heteroatoms. The highest BCUT2D eigenvalue weighted by Crippen LogP contribution is 2.16. The van der Waals surface area contributed by atoms with Crippen molar-refractivity contribution in [1.82, 2.24) is 25.3 Å². The minimum absolute atomic E-state index is 0.550. The topological polar surface area (TPSA) is 92.5 Å². The van der Waals surface area contributed by atoms with Crippen molar-refractivity contribution in [3.8, 4) is 0 Å². The van der Waals surface area contributed by atoms with E-state index >= 15 is 0 Å². The van der Waals surface area contributed by atoms with Crippen molar-refractivity contribution >= 4 is 16.9 Å². The van der Waals surface area contributed by atoms with Gasteiger partial charge in [0.05, 0.1) is 18.1 Å². The summed E-state index contributed by atoms with van der Waals surface area (Å²) < 4.78 is 4.98. The van der Waals surface area contributed by atoms with Crippen molar-refractivity contribution in [2.24, 2.45) is 0 Å². The Morgan fingerprint density at radius 2 is 2.35 bits per heavy atom. The summed E-state index contributed by atoms with van der Waals surface area (Å²) in [6.45, 7) is 2.41. The third kappa shape index (κ3) is 1.82. The molecule has 0 fully saturated rings. The molecule has 0 bridgehead atoms. The highest BCUT2D eigenvalue weighted by atomic mass is 16.5. The van der Waals surface area contributed by atoms with E-state index in [9.17, 15) is 0 Å². The molecular formula is C10H10N6O. The smallest absolute Gasteiger partial charge is 0.160 e.